The molecule has 0 saturated carbocycles. The second-order valence-corrected chi connectivity index (χ2v) is 6.62. The van der Waals surface area contributed by atoms with Gasteiger partial charge in [0.05, 0.1) is 13.1 Å². The monoisotopic (exact) mass is 383 g/mol. The van der Waals surface area contributed by atoms with Crippen LogP contribution in [0.3, 0.4) is 0 Å². The lowest BCUT2D eigenvalue weighted by Crippen LogP contribution is -2.38. The second kappa shape index (κ2) is 9.23. The maximum Gasteiger partial charge on any atom is 0.238 e. The first-order chi connectivity index (χ1) is 13.5. The number of rotatable bonds is 7. The average Bonchev–Trinajstić information content (AvgIpc) is 2.69. The summed E-state index contributed by atoms with van der Waals surface area (Å²) in [6.45, 7) is 5.75. The molecule has 0 aromatic heterocycles. The highest BCUT2D eigenvalue weighted by Gasteiger charge is 2.16. The average molecular weight is 383 g/mol. The van der Waals surface area contributed by atoms with Gasteiger partial charge in [0.1, 0.15) is 13.2 Å². The first-order valence-corrected chi connectivity index (χ1v) is 9.32. The van der Waals surface area contributed by atoms with Gasteiger partial charge in [-0.3, -0.25) is 14.5 Å². The number of carbonyl (C=O) groups is 2. The molecular weight excluding hydrogens is 358 g/mol. The van der Waals surface area contributed by atoms with Crippen LogP contribution in [0.4, 0.5) is 11.4 Å². The standard InChI is InChI=1S/C21H25N3O4/c1-3-24(13-20(25)22-16-6-4-15(2)5-7-16)14-21(26)23-17-8-9-18-19(12-17)28-11-10-27-18/h4-9,12H,3,10-11,13-14H2,1-2H3,(H,22,25)(H,23,26). The molecule has 0 aliphatic carbocycles. The van der Waals surface area contributed by atoms with Crippen molar-refractivity contribution in [3.05, 3.63) is 48.0 Å². The Kier molecular flexibility index (Phi) is 6.49. The van der Waals surface area contributed by atoms with Crippen molar-refractivity contribution < 1.29 is 19.1 Å². The lowest BCUT2D eigenvalue weighted by atomic mass is 10.2. The first-order valence-electron chi connectivity index (χ1n) is 9.32. The third kappa shape index (κ3) is 5.47. The number of hydrogen-bond acceptors (Lipinski definition) is 5. The number of ether oxygens (including phenoxy) is 2. The fourth-order valence-electron chi connectivity index (χ4n) is 2.84. The van der Waals surface area contributed by atoms with Crippen LogP contribution in [0, 0.1) is 6.92 Å². The molecule has 3 rings (SSSR count). The van der Waals surface area contributed by atoms with Gasteiger partial charge >= 0.3 is 0 Å². The number of benzene rings is 2. The fraction of sp³-hybridized carbons (Fsp3) is 0.333. The summed E-state index contributed by atoms with van der Waals surface area (Å²) in [4.78, 5) is 26.4. The van der Waals surface area contributed by atoms with E-state index in [1.54, 1.807) is 23.1 Å². The molecule has 148 valence electrons. The molecule has 0 spiro atoms. The van der Waals surface area contributed by atoms with E-state index in [0.717, 1.165) is 11.3 Å². The van der Waals surface area contributed by atoms with Crippen molar-refractivity contribution in [2.75, 3.05) is 43.5 Å². The number of anilines is 2. The molecule has 2 N–H and O–H groups in total. The van der Waals surface area contributed by atoms with Crippen molar-refractivity contribution in [2.24, 2.45) is 0 Å². The molecule has 0 saturated heterocycles. The summed E-state index contributed by atoms with van der Waals surface area (Å²) in [5, 5.41) is 5.69. The zero-order valence-corrected chi connectivity index (χ0v) is 16.2. The van der Waals surface area contributed by atoms with Crippen LogP contribution in [-0.4, -0.2) is 49.6 Å². The minimum atomic E-state index is -0.193. The Hall–Kier alpha value is -3.06. The highest BCUT2D eigenvalue weighted by molar-refractivity contribution is 5.94. The van der Waals surface area contributed by atoms with Gasteiger partial charge in [-0.25, -0.2) is 0 Å². The quantitative estimate of drug-likeness (QED) is 0.768. The topological polar surface area (TPSA) is 79.9 Å². The maximum atomic E-state index is 12.4. The molecule has 2 amide bonds. The van der Waals surface area contributed by atoms with Crippen LogP contribution in [0.2, 0.25) is 0 Å². The Morgan fingerprint density at radius 3 is 2.11 bits per heavy atom. The molecule has 1 heterocycles. The summed E-state index contributed by atoms with van der Waals surface area (Å²) in [5.41, 5.74) is 2.51. The van der Waals surface area contributed by atoms with Crippen molar-refractivity contribution in [3.8, 4) is 11.5 Å². The Morgan fingerprint density at radius 2 is 1.46 bits per heavy atom. The summed E-state index contributed by atoms with van der Waals surface area (Å²) >= 11 is 0. The van der Waals surface area contributed by atoms with E-state index < -0.39 is 0 Å². The maximum absolute atomic E-state index is 12.4. The zero-order valence-electron chi connectivity index (χ0n) is 16.2. The van der Waals surface area contributed by atoms with E-state index in [-0.39, 0.29) is 24.9 Å². The van der Waals surface area contributed by atoms with Crippen molar-refractivity contribution >= 4 is 23.2 Å². The molecule has 1 aliphatic heterocycles. The van der Waals surface area contributed by atoms with Crippen LogP contribution < -0.4 is 20.1 Å². The van der Waals surface area contributed by atoms with Crippen molar-refractivity contribution in [1.29, 1.82) is 0 Å². The number of fused-ring (bicyclic) bond motifs is 1. The number of amides is 2. The van der Waals surface area contributed by atoms with Gasteiger partial charge in [0.15, 0.2) is 11.5 Å². The summed E-state index contributed by atoms with van der Waals surface area (Å²) < 4.78 is 11.0. The molecule has 2 aromatic rings. The van der Waals surface area contributed by atoms with E-state index in [4.69, 9.17) is 9.47 Å². The number of carbonyl (C=O) groups excluding carboxylic acids is 2. The molecule has 0 fully saturated rings. The largest absolute Gasteiger partial charge is 0.486 e. The van der Waals surface area contributed by atoms with Crippen molar-refractivity contribution in [2.45, 2.75) is 13.8 Å². The highest BCUT2D eigenvalue weighted by atomic mass is 16.6. The van der Waals surface area contributed by atoms with E-state index in [9.17, 15) is 9.59 Å². The van der Waals surface area contributed by atoms with Gasteiger partial charge in [-0.15, -0.1) is 0 Å². The number of likely N-dealkylation sites (N-methyl/N-ethyl adjacent to an activating group) is 1. The number of aryl methyl sites for hydroxylation is 1. The SMILES string of the molecule is CCN(CC(=O)Nc1ccc(C)cc1)CC(=O)Nc1ccc2c(c1)OCCO2. The van der Waals surface area contributed by atoms with Crippen molar-refractivity contribution in [1.82, 2.24) is 4.90 Å². The normalized spacial score (nSPS) is 12.5. The molecule has 28 heavy (non-hydrogen) atoms. The third-order valence-electron chi connectivity index (χ3n) is 4.34. The Morgan fingerprint density at radius 1 is 0.893 bits per heavy atom. The molecule has 1 aliphatic rings. The van der Waals surface area contributed by atoms with Crippen LogP contribution in [0.5, 0.6) is 11.5 Å². The number of nitrogens with zero attached hydrogens (tertiary/aromatic N) is 1. The van der Waals surface area contributed by atoms with Gasteiger partial charge in [-0.1, -0.05) is 24.6 Å². The number of hydrogen-bond donors (Lipinski definition) is 2. The summed E-state index contributed by atoms with van der Waals surface area (Å²) in [6.07, 6.45) is 0. The minimum absolute atomic E-state index is 0.117. The van der Waals surface area contributed by atoms with Gasteiger partial charge in [0, 0.05) is 17.4 Å². The zero-order chi connectivity index (χ0) is 19.9. The van der Waals surface area contributed by atoms with Gasteiger partial charge in [-0.05, 0) is 37.7 Å². The predicted octanol–water partition coefficient (Wildman–Crippen LogP) is 2.67. The smallest absolute Gasteiger partial charge is 0.238 e. The molecule has 0 atom stereocenters. The molecule has 0 unspecified atom stereocenters. The molecular formula is C21H25N3O4. The van der Waals surface area contributed by atoms with Gasteiger partial charge in [0.25, 0.3) is 0 Å². The summed E-state index contributed by atoms with van der Waals surface area (Å²) in [6, 6.07) is 12.9. The highest BCUT2D eigenvalue weighted by Crippen LogP contribution is 2.32. The Balaban J connectivity index is 1.51. The summed E-state index contributed by atoms with van der Waals surface area (Å²) in [5.74, 6) is 0.945. The van der Waals surface area contributed by atoms with E-state index >= 15 is 0 Å². The molecule has 7 heteroatoms. The van der Waals surface area contributed by atoms with E-state index in [1.807, 2.05) is 38.1 Å². The van der Waals surface area contributed by atoms with Crippen LogP contribution in [-0.2, 0) is 9.59 Å². The lowest BCUT2D eigenvalue weighted by Gasteiger charge is -2.21. The van der Waals surface area contributed by atoms with Crippen LogP contribution in [0.25, 0.3) is 0 Å². The van der Waals surface area contributed by atoms with Crippen LogP contribution in [0.15, 0.2) is 42.5 Å². The van der Waals surface area contributed by atoms with E-state index in [0.29, 0.717) is 36.9 Å². The second-order valence-electron chi connectivity index (χ2n) is 6.62. The van der Waals surface area contributed by atoms with Crippen LogP contribution in [0.1, 0.15) is 12.5 Å². The van der Waals surface area contributed by atoms with Crippen molar-refractivity contribution in [3.63, 3.8) is 0 Å². The van der Waals surface area contributed by atoms with Gasteiger partial charge in [0.2, 0.25) is 11.8 Å². The Labute approximate surface area is 164 Å². The molecule has 7 nitrogen and oxygen atoms in total. The van der Waals surface area contributed by atoms with E-state index in [1.165, 1.54) is 0 Å². The summed E-state index contributed by atoms with van der Waals surface area (Å²) in [7, 11) is 0. The van der Waals surface area contributed by atoms with Gasteiger partial charge in [-0.2, -0.15) is 0 Å². The van der Waals surface area contributed by atoms with Crippen LogP contribution >= 0.6 is 0 Å². The molecule has 2 aromatic carbocycles. The lowest BCUT2D eigenvalue weighted by molar-refractivity contribution is -0.119. The third-order valence-corrected chi connectivity index (χ3v) is 4.34. The Bertz CT molecular complexity index is 836. The molecule has 0 radical (unpaired) electrons. The van der Waals surface area contributed by atoms with Gasteiger partial charge < -0.3 is 20.1 Å². The molecule has 0 bridgehead atoms. The minimum Gasteiger partial charge on any atom is -0.486 e. The fourth-order valence-corrected chi connectivity index (χ4v) is 2.84. The van der Waals surface area contributed by atoms with E-state index in [2.05, 4.69) is 10.6 Å². The first kappa shape index (κ1) is 19.7. The predicted molar refractivity (Wildman–Crippen MR) is 108 cm³/mol. The number of nitrogens with one attached hydrogen (secondary N) is 2.